The number of carbonyl (C=O) groups is 1. The molecule has 192 valence electrons. The molecule has 1 aliphatic carbocycles. The van der Waals surface area contributed by atoms with Gasteiger partial charge in [-0.05, 0) is 54.8 Å². The van der Waals surface area contributed by atoms with Crippen LogP contribution in [0.3, 0.4) is 0 Å². The number of aliphatic hydroxyl groups excluding tert-OH is 2. The number of hydrogen-bond donors (Lipinski definition) is 3. The summed E-state index contributed by atoms with van der Waals surface area (Å²) < 4.78 is 77.0. The highest BCUT2D eigenvalue weighted by Gasteiger charge is 2.52. The Morgan fingerprint density at radius 3 is 2.49 bits per heavy atom. The minimum Gasteiger partial charge on any atom is -0.395 e. The number of carbonyl (C=O) groups excluding carboxylic acids is 1. The molecule has 2 heterocycles. The molecule has 3 N–H and O–H groups in total. The Morgan fingerprint density at radius 2 is 1.83 bits per heavy atom. The van der Waals surface area contributed by atoms with Gasteiger partial charge in [-0.15, -0.1) is 8.78 Å². The second-order valence-corrected chi connectivity index (χ2v) is 8.61. The van der Waals surface area contributed by atoms with Gasteiger partial charge in [0.2, 0.25) is 5.91 Å². The molecule has 0 spiro atoms. The van der Waals surface area contributed by atoms with Gasteiger partial charge in [-0.2, -0.15) is 13.2 Å². The van der Waals surface area contributed by atoms with Crippen molar-refractivity contribution in [2.45, 2.75) is 43.4 Å². The van der Waals surface area contributed by atoms with E-state index in [1.807, 2.05) is 0 Å². The number of nitrogens with one attached hydrogen (secondary N) is 1. The predicted octanol–water partition coefficient (Wildman–Crippen LogP) is 4.74. The van der Waals surface area contributed by atoms with Crippen molar-refractivity contribution in [1.29, 1.82) is 0 Å². The summed E-state index contributed by atoms with van der Waals surface area (Å²) in [6, 6.07) is 9.22. The molecule has 0 saturated heterocycles. The van der Waals surface area contributed by atoms with Crippen molar-refractivity contribution in [3.8, 4) is 11.5 Å². The van der Waals surface area contributed by atoms with Crippen LogP contribution in [0.15, 0.2) is 42.5 Å². The van der Waals surface area contributed by atoms with Gasteiger partial charge >= 0.3 is 12.5 Å². The normalized spacial score (nSPS) is 18.5. The number of hydrogen-bond acceptors (Lipinski definition) is 5. The summed E-state index contributed by atoms with van der Waals surface area (Å²) in [4.78, 5) is 13.1. The SMILES string of the molecule is O=C(Nc1ccc2c(c1)cc(C(F)(F)F)n2C[C@@H](O)CO)C1(c2ccc3c(c2)OC(F)(F)O3)CC1.[HH].[HH].[HH]. The smallest absolute Gasteiger partial charge is 0.395 e. The zero-order valence-electron chi connectivity index (χ0n) is 17.9. The Balaban J connectivity index is 0.00000169. The van der Waals surface area contributed by atoms with E-state index in [1.165, 1.54) is 36.4 Å². The van der Waals surface area contributed by atoms with E-state index in [-0.39, 0.29) is 32.4 Å². The Hall–Kier alpha value is -3.38. The fraction of sp³-hybridized carbons (Fsp3) is 0.348. The standard InChI is InChI=1S/C23H19F5N2O5.3H2/c24-22(25,26)19-8-12-7-14(2-3-16(12)30(19)10-15(32)11-31)29-20(33)21(5-6-21)13-1-4-17-18(9-13)35-23(27,28)34-17;;;/h1-4,7-9,15,31-32H,5-6,10-11H2,(H,29,33);3*1H/t15-;;;/m1.../s1. The Labute approximate surface area is 199 Å². The fourth-order valence-corrected chi connectivity index (χ4v) is 4.32. The molecule has 0 radical (unpaired) electrons. The first-order chi connectivity index (χ1) is 16.4. The molecule has 12 heteroatoms. The summed E-state index contributed by atoms with van der Waals surface area (Å²) >= 11 is 0. The molecule has 1 aliphatic heterocycles. The quantitative estimate of drug-likeness (QED) is 0.422. The van der Waals surface area contributed by atoms with Gasteiger partial charge in [0.05, 0.1) is 24.7 Å². The van der Waals surface area contributed by atoms with Gasteiger partial charge in [-0.3, -0.25) is 4.79 Å². The van der Waals surface area contributed by atoms with E-state index in [4.69, 9.17) is 5.11 Å². The van der Waals surface area contributed by atoms with Crippen LogP contribution in [-0.2, 0) is 22.9 Å². The van der Waals surface area contributed by atoms with Crippen LogP contribution < -0.4 is 14.8 Å². The lowest BCUT2D eigenvalue weighted by molar-refractivity contribution is -0.286. The number of anilines is 1. The first-order valence-corrected chi connectivity index (χ1v) is 10.6. The van der Waals surface area contributed by atoms with Crippen LogP contribution in [0.1, 0.15) is 28.4 Å². The summed E-state index contributed by atoms with van der Waals surface area (Å²) in [5, 5.41) is 21.6. The summed E-state index contributed by atoms with van der Waals surface area (Å²) in [5.74, 6) is -0.760. The number of alkyl halides is 5. The molecule has 1 atom stereocenters. The maximum Gasteiger partial charge on any atom is 0.586 e. The first-order valence-electron chi connectivity index (χ1n) is 10.6. The van der Waals surface area contributed by atoms with Gasteiger partial charge in [-0.1, -0.05) is 6.07 Å². The second-order valence-electron chi connectivity index (χ2n) is 8.61. The molecule has 1 amide bonds. The number of benzene rings is 2. The van der Waals surface area contributed by atoms with Crippen molar-refractivity contribution < 1.29 is 50.7 Å². The number of aliphatic hydroxyl groups is 2. The van der Waals surface area contributed by atoms with Crippen molar-refractivity contribution in [2.24, 2.45) is 0 Å². The molecule has 1 fully saturated rings. The third-order valence-electron chi connectivity index (χ3n) is 6.19. The van der Waals surface area contributed by atoms with Gasteiger partial charge in [0, 0.05) is 20.9 Å². The molecule has 2 aliphatic rings. The third-order valence-corrected chi connectivity index (χ3v) is 6.19. The molecule has 35 heavy (non-hydrogen) atoms. The van der Waals surface area contributed by atoms with E-state index in [0.717, 1.165) is 10.6 Å². The molecule has 2 aromatic carbocycles. The Kier molecular flexibility index (Phi) is 5.22. The summed E-state index contributed by atoms with van der Waals surface area (Å²) in [7, 11) is 0. The van der Waals surface area contributed by atoms with Crippen LogP contribution in [0.25, 0.3) is 10.9 Å². The number of ether oxygens (including phenoxy) is 2. The number of aromatic nitrogens is 1. The van der Waals surface area contributed by atoms with Gasteiger partial charge in [0.25, 0.3) is 0 Å². The van der Waals surface area contributed by atoms with Crippen LogP contribution in [0.5, 0.6) is 11.5 Å². The maximum absolute atomic E-state index is 13.5. The van der Waals surface area contributed by atoms with Crippen LogP contribution >= 0.6 is 0 Å². The highest BCUT2D eigenvalue weighted by molar-refractivity contribution is 6.02. The molecule has 0 bridgehead atoms. The van der Waals surface area contributed by atoms with Crippen LogP contribution in [0, 0.1) is 0 Å². The van der Waals surface area contributed by atoms with E-state index in [0.29, 0.717) is 18.4 Å². The van der Waals surface area contributed by atoms with Crippen molar-refractivity contribution in [3.63, 3.8) is 0 Å². The topological polar surface area (TPSA) is 93.0 Å². The molecular formula is C23H25F5N2O5. The third kappa shape index (κ3) is 4.16. The van der Waals surface area contributed by atoms with E-state index in [2.05, 4.69) is 14.8 Å². The van der Waals surface area contributed by atoms with Crippen molar-refractivity contribution in [3.05, 3.63) is 53.7 Å². The minimum absolute atomic E-state index is 0. The largest absolute Gasteiger partial charge is 0.586 e. The van der Waals surface area contributed by atoms with Crippen LogP contribution in [-0.4, -0.2) is 39.7 Å². The van der Waals surface area contributed by atoms with E-state index < -0.39 is 48.7 Å². The van der Waals surface area contributed by atoms with Gasteiger partial charge in [0.1, 0.15) is 5.69 Å². The summed E-state index contributed by atoms with van der Waals surface area (Å²) in [6.07, 6.45) is -8.97. The van der Waals surface area contributed by atoms with Crippen molar-refractivity contribution >= 4 is 22.5 Å². The van der Waals surface area contributed by atoms with E-state index >= 15 is 0 Å². The minimum atomic E-state index is -4.70. The molecule has 0 unspecified atom stereocenters. The molecule has 7 nitrogen and oxygen atoms in total. The Bertz CT molecular complexity index is 1330. The van der Waals surface area contributed by atoms with Crippen LogP contribution in [0.4, 0.5) is 27.6 Å². The van der Waals surface area contributed by atoms with Gasteiger partial charge in [-0.25, -0.2) is 0 Å². The highest BCUT2D eigenvalue weighted by Crippen LogP contribution is 2.52. The van der Waals surface area contributed by atoms with Crippen molar-refractivity contribution in [2.75, 3.05) is 11.9 Å². The Morgan fingerprint density at radius 1 is 1.11 bits per heavy atom. The molecule has 5 rings (SSSR count). The monoisotopic (exact) mass is 504 g/mol. The van der Waals surface area contributed by atoms with Crippen molar-refractivity contribution in [1.82, 2.24) is 4.57 Å². The molecule has 1 aromatic heterocycles. The maximum atomic E-state index is 13.5. The average molecular weight is 504 g/mol. The number of nitrogens with zero attached hydrogens (tertiary/aromatic N) is 1. The zero-order valence-corrected chi connectivity index (χ0v) is 17.9. The fourth-order valence-electron chi connectivity index (χ4n) is 4.32. The lowest BCUT2D eigenvalue weighted by Crippen LogP contribution is -2.28. The highest BCUT2D eigenvalue weighted by atomic mass is 19.4. The molecule has 3 aromatic rings. The number of fused-ring (bicyclic) bond motifs is 2. The van der Waals surface area contributed by atoms with E-state index in [1.54, 1.807) is 0 Å². The second kappa shape index (κ2) is 7.82. The first kappa shape index (κ1) is 23.4. The van der Waals surface area contributed by atoms with Crippen LogP contribution in [0.2, 0.25) is 0 Å². The predicted molar refractivity (Wildman–Crippen MR) is 119 cm³/mol. The molecule has 1 saturated carbocycles. The molecular weight excluding hydrogens is 479 g/mol. The lowest BCUT2D eigenvalue weighted by Gasteiger charge is -2.17. The van der Waals surface area contributed by atoms with Gasteiger partial charge in [0.15, 0.2) is 11.5 Å². The number of halogens is 5. The van der Waals surface area contributed by atoms with Gasteiger partial charge < -0.3 is 29.6 Å². The lowest BCUT2D eigenvalue weighted by atomic mass is 9.94. The zero-order chi connectivity index (χ0) is 25.2. The van der Waals surface area contributed by atoms with E-state index in [9.17, 15) is 31.9 Å². The number of amides is 1. The summed E-state index contributed by atoms with van der Waals surface area (Å²) in [5.41, 5.74) is -1.12. The average Bonchev–Trinajstić information content (AvgIpc) is 3.42. The number of rotatable bonds is 6. The summed E-state index contributed by atoms with van der Waals surface area (Å²) in [6.45, 7) is -1.17.